The first kappa shape index (κ1) is 23.6. The molecule has 0 aliphatic carbocycles. The van der Waals surface area contributed by atoms with Crippen LogP contribution in [0.5, 0.6) is 0 Å². The van der Waals surface area contributed by atoms with Crippen molar-refractivity contribution in [3.8, 4) is 0 Å². The lowest BCUT2D eigenvalue weighted by atomic mass is 10.1. The smallest absolute Gasteiger partial charge is 0.243 e. The monoisotopic (exact) mass is 489 g/mol. The third-order valence-corrected chi connectivity index (χ3v) is 8.09. The molecule has 0 saturated carbocycles. The zero-order valence-electron chi connectivity index (χ0n) is 18.2. The number of nitrogens with zero attached hydrogens (tertiary/aromatic N) is 3. The first-order chi connectivity index (χ1) is 15.8. The number of carbonyl (C=O) groups is 1. The average Bonchev–Trinajstić information content (AvgIpc) is 2.81. The highest BCUT2D eigenvalue weighted by Gasteiger charge is 2.30. The number of carbonyl (C=O) groups excluding carboxylic acids is 1. The van der Waals surface area contributed by atoms with Crippen molar-refractivity contribution in [1.29, 1.82) is 0 Å². The fourth-order valence-electron chi connectivity index (χ4n) is 3.99. The zero-order valence-corrected chi connectivity index (χ0v) is 19.8. The van der Waals surface area contributed by atoms with Crippen molar-refractivity contribution in [2.24, 2.45) is 0 Å². The molecular weight excluding hydrogens is 465 g/mol. The highest BCUT2D eigenvalue weighted by molar-refractivity contribution is 7.89. The summed E-state index contributed by atoms with van der Waals surface area (Å²) in [5, 5.41) is 2.17. The summed E-state index contributed by atoms with van der Waals surface area (Å²) in [5.41, 5.74) is 0.348. The summed E-state index contributed by atoms with van der Waals surface area (Å²) in [6, 6.07) is 17.2. The predicted molar refractivity (Wildman–Crippen MR) is 127 cm³/mol. The van der Waals surface area contributed by atoms with Gasteiger partial charge in [0.15, 0.2) is 0 Å². The van der Waals surface area contributed by atoms with E-state index in [0.717, 1.165) is 10.8 Å². The molecule has 0 N–H and O–H groups in total. The number of sulfonamides is 1. The fraction of sp³-hybridized carbons (Fsp3) is 0.292. The van der Waals surface area contributed by atoms with Gasteiger partial charge in [-0.15, -0.1) is 0 Å². The lowest BCUT2D eigenvalue weighted by molar-refractivity contribution is -0.133. The average molecular weight is 490 g/mol. The van der Waals surface area contributed by atoms with E-state index in [1.54, 1.807) is 41.1 Å². The predicted octanol–water partition coefficient (Wildman–Crippen LogP) is 3.60. The minimum absolute atomic E-state index is 0.0854. The number of piperazine rings is 1. The Bertz CT molecular complexity index is 1260. The molecule has 0 aromatic heterocycles. The van der Waals surface area contributed by atoms with E-state index in [0.29, 0.717) is 23.7 Å². The molecule has 0 atom stereocenters. The fourth-order valence-corrected chi connectivity index (χ4v) is 5.68. The molecule has 0 unspecified atom stereocenters. The lowest BCUT2D eigenvalue weighted by Gasteiger charge is -2.34. The standard InChI is InChI=1S/C24H25ClFN3O3S/c1-27(16-21-22(25)7-4-8-23(21)26)17-24(30)28-11-13-29(14-12-28)33(31,32)20-10-9-18-5-2-3-6-19(18)15-20/h2-10,15H,11-14,16-17H2,1H3. The summed E-state index contributed by atoms with van der Waals surface area (Å²) in [6.07, 6.45) is 0. The van der Waals surface area contributed by atoms with E-state index in [2.05, 4.69) is 0 Å². The van der Waals surface area contributed by atoms with Crippen LogP contribution in [0.4, 0.5) is 4.39 Å². The van der Waals surface area contributed by atoms with Gasteiger partial charge in [-0.05, 0) is 42.1 Å². The molecule has 9 heteroatoms. The highest BCUT2D eigenvalue weighted by atomic mass is 35.5. The molecule has 3 aromatic carbocycles. The van der Waals surface area contributed by atoms with Crippen molar-refractivity contribution < 1.29 is 17.6 Å². The normalized spacial score (nSPS) is 15.3. The molecule has 3 aromatic rings. The van der Waals surface area contributed by atoms with Crippen LogP contribution in [0.15, 0.2) is 65.6 Å². The van der Waals surface area contributed by atoms with Crippen LogP contribution in [0, 0.1) is 5.82 Å². The third kappa shape index (κ3) is 5.19. The van der Waals surface area contributed by atoms with Gasteiger partial charge in [0.25, 0.3) is 0 Å². The summed E-state index contributed by atoms with van der Waals surface area (Å²) in [7, 11) is -1.92. The summed E-state index contributed by atoms with van der Waals surface area (Å²) >= 11 is 6.08. The van der Waals surface area contributed by atoms with E-state index in [1.165, 1.54) is 16.4 Å². The Morgan fingerprint density at radius 2 is 1.70 bits per heavy atom. The third-order valence-electron chi connectivity index (χ3n) is 5.84. The quantitative estimate of drug-likeness (QED) is 0.531. The van der Waals surface area contributed by atoms with Crippen LogP contribution in [0.25, 0.3) is 10.8 Å². The van der Waals surface area contributed by atoms with E-state index < -0.39 is 15.8 Å². The number of amides is 1. The Balaban J connectivity index is 1.36. The van der Waals surface area contributed by atoms with E-state index in [-0.39, 0.29) is 37.0 Å². The Hall–Kier alpha value is -2.52. The molecule has 1 amide bonds. The Labute approximate surface area is 198 Å². The Kier molecular flexibility index (Phi) is 6.99. The molecule has 0 bridgehead atoms. The lowest BCUT2D eigenvalue weighted by Crippen LogP contribution is -2.52. The van der Waals surface area contributed by atoms with Gasteiger partial charge in [-0.3, -0.25) is 9.69 Å². The molecule has 4 rings (SSSR count). The molecule has 1 aliphatic heterocycles. The van der Waals surface area contributed by atoms with Gasteiger partial charge < -0.3 is 4.90 Å². The summed E-state index contributed by atoms with van der Waals surface area (Å²) in [4.78, 5) is 16.3. The number of hydrogen-bond acceptors (Lipinski definition) is 4. The first-order valence-electron chi connectivity index (χ1n) is 10.6. The summed E-state index contributed by atoms with van der Waals surface area (Å²) < 4.78 is 41.7. The SMILES string of the molecule is CN(CC(=O)N1CCN(S(=O)(=O)c2ccc3ccccc3c2)CC1)Cc1c(F)cccc1Cl. The highest BCUT2D eigenvalue weighted by Crippen LogP contribution is 2.23. The van der Waals surface area contributed by atoms with Crippen molar-refractivity contribution in [2.75, 3.05) is 39.8 Å². The van der Waals surface area contributed by atoms with E-state index >= 15 is 0 Å². The van der Waals surface area contributed by atoms with Gasteiger partial charge in [-0.25, -0.2) is 12.8 Å². The number of rotatable bonds is 6. The second-order valence-electron chi connectivity index (χ2n) is 8.17. The molecule has 1 saturated heterocycles. The molecule has 33 heavy (non-hydrogen) atoms. The second-order valence-corrected chi connectivity index (χ2v) is 10.5. The maximum Gasteiger partial charge on any atom is 0.243 e. The largest absolute Gasteiger partial charge is 0.339 e. The molecule has 0 radical (unpaired) electrons. The van der Waals surface area contributed by atoms with Crippen LogP contribution in [0.2, 0.25) is 5.02 Å². The van der Waals surface area contributed by atoms with Gasteiger partial charge in [0.1, 0.15) is 5.82 Å². The van der Waals surface area contributed by atoms with Crippen LogP contribution in [-0.4, -0.2) is 68.2 Å². The molecule has 1 heterocycles. The summed E-state index contributed by atoms with van der Waals surface area (Å²) in [5.74, 6) is -0.540. The number of benzene rings is 3. The van der Waals surface area contributed by atoms with E-state index in [4.69, 9.17) is 11.6 Å². The van der Waals surface area contributed by atoms with Crippen molar-refractivity contribution >= 4 is 38.3 Å². The number of hydrogen-bond donors (Lipinski definition) is 0. The Morgan fingerprint density at radius 1 is 1.00 bits per heavy atom. The topological polar surface area (TPSA) is 60.9 Å². The molecular formula is C24H25ClFN3O3S. The van der Waals surface area contributed by atoms with E-state index in [1.807, 2.05) is 24.3 Å². The van der Waals surface area contributed by atoms with Crippen LogP contribution in [0.1, 0.15) is 5.56 Å². The minimum Gasteiger partial charge on any atom is -0.339 e. The van der Waals surface area contributed by atoms with E-state index in [9.17, 15) is 17.6 Å². The molecule has 1 aliphatic rings. The van der Waals surface area contributed by atoms with Crippen molar-refractivity contribution in [3.05, 3.63) is 77.1 Å². The molecule has 0 spiro atoms. The van der Waals surface area contributed by atoms with Gasteiger partial charge in [0.05, 0.1) is 11.4 Å². The maximum atomic E-state index is 14.0. The molecule has 174 valence electrons. The van der Waals surface area contributed by atoms with Crippen LogP contribution < -0.4 is 0 Å². The minimum atomic E-state index is -3.65. The van der Waals surface area contributed by atoms with Crippen LogP contribution >= 0.6 is 11.6 Å². The Morgan fingerprint density at radius 3 is 2.39 bits per heavy atom. The molecule has 1 fully saturated rings. The van der Waals surface area contributed by atoms with Gasteiger partial charge in [-0.2, -0.15) is 4.31 Å². The first-order valence-corrected chi connectivity index (χ1v) is 12.5. The number of halogens is 2. The second kappa shape index (κ2) is 9.77. The van der Waals surface area contributed by atoms with Gasteiger partial charge in [0, 0.05) is 43.3 Å². The number of fused-ring (bicyclic) bond motifs is 1. The van der Waals surface area contributed by atoms with Gasteiger partial charge in [0.2, 0.25) is 15.9 Å². The number of likely N-dealkylation sites (N-methyl/N-ethyl adjacent to an activating group) is 1. The van der Waals surface area contributed by atoms with Crippen molar-refractivity contribution in [1.82, 2.24) is 14.1 Å². The molecule has 6 nitrogen and oxygen atoms in total. The summed E-state index contributed by atoms with van der Waals surface area (Å²) in [6.45, 7) is 1.35. The van der Waals surface area contributed by atoms with Crippen molar-refractivity contribution in [3.63, 3.8) is 0 Å². The van der Waals surface area contributed by atoms with Crippen molar-refractivity contribution in [2.45, 2.75) is 11.4 Å². The van der Waals surface area contributed by atoms with Crippen LogP contribution in [-0.2, 0) is 21.4 Å². The van der Waals surface area contributed by atoms with Gasteiger partial charge >= 0.3 is 0 Å². The maximum absolute atomic E-state index is 14.0. The zero-order chi connectivity index (χ0) is 23.6. The van der Waals surface area contributed by atoms with Crippen LogP contribution in [0.3, 0.4) is 0 Å². The van der Waals surface area contributed by atoms with Gasteiger partial charge in [-0.1, -0.05) is 48.0 Å².